The van der Waals surface area contributed by atoms with Crippen molar-refractivity contribution in [1.29, 1.82) is 0 Å². The summed E-state index contributed by atoms with van der Waals surface area (Å²) >= 11 is 6.98. The summed E-state index contributed by atoms with van der Waals surface area (Å²) in [6.45, 7) is 0. The van der Waals surface area contributed by atoms with Gasteiger partial charge in [-0.15, -0.1) is 10.2 Å². The lowest BCUT2D eigenvalue weighted by molar-refractivity contribution is -0.113. The van der Waals surface area contributed by atoms with Gasteiger partial charge in [-0.2, -0.15) is 0 Å². The lowest BCUT2D eigenvalue weighted by atomic mass is 10.2. The number of thioether (sulfide) groups is 1. The Morgan fingerprint density at radius 2 is 1.75 bits per heavy atom. The normalized spacial score (nSPS) is 11.4. The summed E-state index contributed by atoms with van der Waals surface area (Å²) in [7, 11) is -3.78. The Kier molecular flexibility index (Phi) is 5.89. The quantitative estimate of drug-likeness (QED) is 0.392. The lowest BCUT2D eigenvalue weighted by Gasteiger charge is -2.06. The van der Waals surface area contributed by atoms with Crippen LogP contribution >= 0.6 is 23.4 Å². The highest BCUT2D eigenvalue weighted by molar-refractivity contribution is 7.99. The van der Waals surface area contributed by atoms with E-state index < -0.39 is 10.0 Å². The highest BCUT2D eigenvalue weighted by Crippen LogP contribution is 2.23. The molecule has 0 fully saturated rings. The summed E-state index contributed by atoms with van der Waals surface area (Å²) in [6.07, 6.45) is 0. The van der Waals surface area contributed by atoms with Crippen molar-refractivity contribution in [3.8, 4) is 11.4 Å². The highest BCUT2D eigenvalue weighted by atomic mass is 35.5. The Bertz CT molecular complexity index is 1100. The molecule has 0 aliphatic carbocycles. The van der Waals surface area contributed by atoms with E-state index in [1.54, 1.807) is 24.3 Å². The van der Waals surface area contributed by atoms with E-state index in [9.17, 15) is 13.2 Å². The number of benzene rings is 2. The van der Waals surface area contributed by atoms with Crippen LogP contribution in [0.25, 0.3) is 11.4 Å². The molecule has 0 unspecified atom stereocenters. The molecule has 146 valence electrons. The second-order valence-electron chi connectivity index (χ2n) is 5.59. The minimum atomic E-state index is -3.78. The minimum Gasteiger partial charge on any atom is -0.335 e. The SMILES string of the molecule is Nn1c(SCC(=O)Nc2ccc(S(N)(=O)=O)cc2)nnc1-c1ccc(Cl)cc1. The van der Waals surface area contributed by atoms with Crippen molar-refractivity contribution < 1.29 is 13.2 Å². The summed E-state index contributed by atoms with van der Waals surface area (Å²) in [5.41, 5.74) is 1.18. The molecule has 0 saturated carbocycles. The number of carbonyl (C=O) groups excluding carboxylic acids is 1. The third kappa shape index (κ3) is 4.81. The Morgan fingerprint density at radius 3 is 2.36 bits per heavy atom. The number of amides is 1. The molecule has 12 heteroatoms. The summed E-state index contributed by atoms with van der Waals surface area (Å²) in [5, 5.41) is 16.7. The second-order valence-corrected chi connectivity index (χ2v) is 8.53. The zero-order valence-corrected chi connectivity index (χ0v) is 16.6. The van der Waals surface area contributed by atoms with Gasteiger partial charge in [-0.3, -0.25) is 4.79 Å². The van der Waals surface area contributed by atoms with E-state index in [2.05, 4.69) is 15.5 Å². The molecule has 3 rings (SSSR count). The number of rotatable bonds is 6. The number of halogens is 1. The fourth-order valence-corrected chi connectivity index (χ4v) is 3.52. The summed E-state index contributed by atoms with van der Waals surface area (Å²) < 4.78 is 23.8. The summed E-state index contributed by atoms with van der Waals surface area (Å²) in [4.78, 5) is 12.1. The number of nitrogens with one attached hydrogen (secondary N) is 1. The summed E-state index contributed by atoms with van der Waals surface area (Å²) in [6, 6.07) is 12.5. The van der Waals surface area contributed by atoms with E-state index in [1.165, 1.54) is 28.9 Å². The maximum atomic E-state index is 12.1. The maximum absolute atomic E-state index is 12.1. The van der Waals surface area contributed by atoms with Crippen molar-refractivity contribution >= 4 is 45.0 Å². The minimum absolute atomic E-state index is 0.0346. The van der Waals surface area contributed by atoms with Crippen molar-refractivity contribution in [3.63, 3.8) is 0 Å². The van der Waals surface area contributed by atoms with Gasteiger partial charge in [-0.05, 0) is 48.5 Å². The molecule has 0 saturated heterocycles. The predicted molar refractivity (Wildman–Crippen MR) is 108 cm³/mol. The molecule has 1 heterocycles. The number of hydrogen-bond acceptors (Lipinski definition) is 7. The molecule has 5 N–H and O–H groups in total. The van der Waals surface area contributed by atoms with Crippen molar-refractivity contribution in [2.75, 3.05) is 16.9 Å². The average molecular weight is 439 g/mol. The van der Waals surface area contributed by atoms with Gasteiger partial charge in [0, 0.05) is 16.3 Å². The van der Waals surface area contributed by atoms with Crippen molar-refractivity contribution in [3.05, 3.63) is 53.6 Å². The standard InChI is InChI=1S/C16H15ClN6O3S2/c17-11-3-1-10(2-4-11)15-21-22-16(23(15)18)27-9-14(24)20-12-5-7-13(8-6-12)28(19,25)26/h1-8H,9,18H2,(H,20,24)(H2,19,25,26). The molecular formula is C16H15ClN6O3S2. The van der Waals surface area contributed by atoms with Crippen LogP contribution < -0.4 is 16.3 Å². The topological polar surface area (TPSA) is 146 Å². The van der Waals surface area contributed by atoms with Crippen LogP contribution in [0.4, 0.5) is 5.69 Å². The third-order valence-electron chi connectivity index (χ3n) is 3.57. The molecule has 0 atom stereocenters. The smallest absolute Gasteiger partial charge is 0.238 e. The van der Waals surface area contributed by atoms with Gasteiger partial charge >= 0.3 is 0 Å². The third-order valence-corrected chi connectivity index (χ3v) is 5.69. The van der Waals surface area contributed by atoms with Crippen molar-refractivity contribution in [1.82, 2.24) is 14.9 Å². The Morgan fingerprint density at radius 1 is 1.11 bits per heavy atom. The molecule has 0 aliphatic rings. The second kappa shape index (κ2) is 8.19. The van der Waals surface area contributed by atoms with E-state index in [4.69, 9.17) is 22.6 Å². The van der Waals surface area contributed by atoms with E-state index >= 15 is 0 Å². The molecule has 28 heavy (non-hydrogen) atoms. The number of primary sulfonamides is 1. The van der Waals surface area contributed by atoms with E-state index in [-0.39, 0.29) is 16.6 Å². The number of nitrogens with two attached hydrogens (primary N) is 2. The molecule has 3 aromatic rings. The van der Waals surface area contributed by atoms with Crippen LogP contribution in [0.15, 0.2) is 58.6 Å². The number of nitrogens with zero attached hydrogens (tertiary/aromatic N) is 3. The highest BCUT2D eigenvalue weighted by Gasteiger charge is 2.14. The van der Waals surface area contributed by atoms with Crippen LogP contribution in [-0.2, 0) is 14.8 Å². The molecule has 1 amide bonds. The summed E-state index contributed by atoms with van der Waals surface area (Å²) in [5.74, 6) is 6.17. The first-order valence-electron chi connectivity index (χ1n) is 7.76. The van der Waals surface area contributed by atoms with Crippen LogP contribution in [0.3, 0.4) is 0 Å². The van der Waals surface area contributed by atoms with Gasteiger partial charge in [0.2, 0.25) is 21.1 Å². The Hall–Kier alpha value is -2.60. The maximum Gasteiger partial charge on any atom is 0.238 e. The first-order valence-corrected chi connectivity index (χ1v) is 10.7. The number of sulfonamides is 1. The van der Waals surface area contributed by atoms with E-state index in [0.717, 1.165) is 17.3 Å². The van der Waals surface area contributed by atoms with Gasteiger partial charge in [0.25, 0.3) is 0 Å². The van der Waals surface area contributed by atoms with Crippen LogP contribution in [-0.4, -0.2) is 35.0 Å². The Balaban J connectivity index is 1.61. The first kappa shape index (κ1) is 20.1. The molecule has 0 bridgehead atoms. The zero-order chi connectivity index (χ0) is 20.3. The van der Waals surface area contributed by atoms with Gasteiger partial charge < -0.3 is 11.2 Å². The molecular weight excluding hydrogens is 424 g/mol. The van der Waals surface area contributed by atoms with Crippen molar-refractivity contribution in [2.24, 2.45) is 5.14 Å². The van der Waals surface area contributed by atoms with Crippen LogP contribution in [0.1, 0.15) is 0 Å². The number of carbonyl (C=O) groups is 1. The fourth-order valence-electron chi connectivity index (χ4n) is 2.23. The van der Waals surface area contributed by atoms with Crippen LogP contribution in [0, 0.1) is 0 Å². The molecule has 0 spiro atoms. The lowest BCUT2D eigenvalue weighted by Crippen LogP contribution is -2.17. The zero-order valence-electron chi connectivity index (χ0n) is 14.2. The van der Waals surface area contributed by atoms with Crippen LogP contribution in [0.2, 0.25) is 5.02 Å². The number of nitrogen functional groups attached to an aromatic ring is 1. The van der Waals surface area contributed by atoms with E-state index in [0.29, 0.717) is 21.7 Å². The Labute approximate surface area is 170 Å². The average Bonchev–Trinajstić information content (AvgIpc) is 3.01. The molecule has 0 aliphatic heterocycles. The first-order chi connectivity index (χ1) is 13.2. The molecule has 1 aromatic heterocycles. The largest absolute Gasteiger partial charge is 0.335 e. The number of aromatic nitrogens is 3. The van der Waals surface area contributed by atoms with Gasteiger partial charge in [0.15, 0.2) is 5.82 Å². The monoisotopic (exact) mass is 438 g/mol. The number of hydrogen-bond donors (Lipinski definition) is 3. The predicted octanol–water partition coefficient (Wildman–Crippen LogP) is 1.69. The molecule has 2 aromatic carbocycles. The molecule has 0 radical (unpaired) electrons. The van der Waals surface area contributed by atoms with Gasteiger partial charge in [0.1, 0.15) is 0 Å². The van der Waals surface area contributed by atoms with Gasteiger partial charge in [-0.1, -0.05) is 23.4 Å². The van der Waals surface area contributed by atoms with E-state index in [1.807, 2.05) is 0 Å². The molecule has 9 nitrogen and oxygen atoms in total. The fraction of sp³-hybridized carbons (Fsp3) is 0.0625. The number of anilines is 1. The van der Waals surface area contributed by atoms with Crippen molar-refractivity contribution in [2.45, 2.75) is 10.1 Å². The van der Waals surface area contributed by atoms with Crippen LogP contribution in [0.5, 0.6) is 0 Å². The van der Waals surface area contributed by atoms with Gasteiger partial charge in [-0.25, -0.2) is 18.2 Å². The van der Waals surface area contributed by atoms with Gasteiger partial charge in [0.05, 0.1) is 10.6 Å².